The Labute approximate surface area is 116 Å². The molecule has 2 nitrogen and oxygen atoms in total. The minimum absolute atomic E-state index is 0.0734. The molecule has 1 aliphatic heterocycles. The summed E-state index contributed by atoms with van der Waals surface area (Å²) >= 11 is 0. The lowest BCUT2D eigenvalue weighted by Crippen LogP contribution is -2.39. The standard InChI is InChI=1S/C17H25NO/c1-3-8-14-11-12-18(13-14)16(4-2)17(19)15-9-6-5-7-10-15/h5-7,9-10,14,16H,3-4,8,11-13H2,1-2H3. The monoisotopic (exact) mass is 259 g/mol. The van der Waals surface area contributed by atoms with Crippen molar-refractivity contribution in [3.63, 3.8) is 0 Å². The van der Waals surface area contributed by atoms with E-state index in [0.29, 0.717) is 5.78 Å². The third-order valence-electron chi connectivity index (χ3n) is 4.20. The van der Waals surface area contributed by atoms with Gasteiger partial charge in [0, 0.05) is 12.1 Å². The van der Waals surface area contributed by atoms with E-state index in [1.807, 2.05) is 30.3 Å². The minimum Gasteiger partial charge on any atom is -0.293 e. The zero-order valence-electron chi connectivity index (χ0n) is 12.1. The number of benzene rings is 1. The van der Waals surface area contributed by atoms with Crippen molar-refractivity contribution in [2.45, 2.75) is 45.6 Å². The molecule has 1 saturated heterocycles. The van der Waals surface area contributed by atoms with Crippen LogP contribution in [0, 0.1) is 5.92 Å². The Balaban J connectivity index is 2.03. The van der Waals surface area contributed by atoms with Gasteiger partial charge in [0.15, 0.2) is 5.78 Å². The first-order valence-corrected chi connectivity index (χ1v) is 7.59. The molecule has 1 heterocycles. The number of nitrogens with zero attached hydrogens (tertiary/aromatic N) is 1. The van der Waals surface area contributed by atoms with E-state index in [9.17, 15) is 4.79 Å². The second-order valence-electron chi connectivity index (χ2n) is 5.59. The maximum atomic E-state index is 12.6. The summed E-state index contributed by atoms with van der Waals surface area (Å²) in [7, 11) is 0. The lowest BCUT2D eigenvalue weighted by atomic mass is 10.0. The normalized spacial score (nSPS) is 21.5. The van der Waals surface area contributed by atoms with E-state index in [1.54, 1.807) is 0 Å². The van der Waals surface area contributed by atoms with Gasteiger partial charge in [0.25, 0.3) is 0 Å². The Hall–Kier alpha value is -1.15. The first kappa shape index (κ1) is 14.3. The zero-order chi connectivity index (χ0) is 13.7. The summed E-state index contributed by atoms with van der Waals surface area (Å²) in [6.45, 7) is 6.56. The lowest BCUT2D eigenvalue weighted by Gasteiger charge is -2.25. The summed E-state index contributed by atoms with van der Waals surface area (Å²) < 4.78 is 0. The van der Waals surface area contributed by atoms with E-state index in [4.69, 9.17) is 0 Å². The smallest absolute Gasteiger partial charge is 0.179 e. The van der Waals surface area contributed by atoms with E-state index < -0.39 is 0 Å². The second-order valence-corrected chi connectivity index (χ2v) is 5.59. The van der Waals surface area contributed by atoms with Gasteiger partial charge in [-0.3, -0.25) is 9.69 Å². The van der Waals surface area contributed by atoms with Gasteiger partial charge in [0.1, 0.15) is 0 Å². The van der Waals surface area contributed by atoms with E-state index in [0.717, 1.165) is 31.0 Å². The predicted octanol–water partition coefficient (Wildman–Crippen LogP) is 3.77. The first-order chi connectivity index (χ1) is 9.26. The van der Waals surface area contributed by atoms with Crippen LogP contribution in [0.25, 0.3) is 0 Å². The molecule has 19 heavy (non-hydrogen) atoms. The molecule has 1 aliphatic rings. The highest BCUT2D eigenvalue weighted by molar-refractivity contribution is 6.00. The van der Waals surface area contributed by atoms with Crippen molar-refractivity contribution in [1.82, 2.24) is 4.90 Å². The van der Waals surface area contributed by atoms with E-state index in [-0.39, 0.29) is 6.04 Å². The van der Waals surface area contributed by atoms with Gasteiger partial charge in [0.05, 0.1) is 6.04 Å². The molecule has 1 aromatic carbocycles. The Morgan fingerprint density at radius 3 is 2.68 bits per heavy atom. The molecule has 0 aliphatic carbocycles. The van der Waals surface area contributed by atoms with Gasteiger partial charge in [-0.1, -0.05) is 50.6 Å². The SMILES string of the molecule is CCCC1CCN(C(CC)C(=O)c2ccccc2)C1. The van der Waals surface area contributed by atoms with Crippen LogP contribution >= 0.6 is 0 Å². The third-order valence-corrected chi connectivity index (χ3v) is 4.20. The molecule has 0 saturated carbocycles. The fourth-order valence-corrected chi connectivity index (χ4v) is 3.19. The average Bonchev–Trinajstić information content (AvgIpc) is 2.89. The zero-order valence-corrected chi connectivity index (χ0v) is 12.1. The van der Waals surface area contributed by atoms with Gasteiger partial charge in [-0.15, -0.1) is 0 Å². The molecule has 0 bridgehead atoms. The largest absolute Gasteiger partial charge is 0.293 e. The Bertz CT molecular complexity index is 401. The Kier molecular flexibility index (Phi) is 5.15. The average molecular weight is 259 g/mol. The number of carbonyl (C=O) groups is 1. The minimum atomic E-state index is 0.0734. The number of hydrogen-bond acceptors (Lipinski definition) is 2. The third kappa shape index (κ3) is 3.44. The molecule has 0 radical (unpaired) electrons. The summed E-state index contributed by atoms with van der Waals surface area (Å²) in [5.41, 5.74) is 0.855. The maximum Gasteiger partial charge on any atom is 0.179 e. The Morgan fingerprint density at radius 1 is 1.32 bits per heavy atom. The molecule has 2 heteroatoms. The summed E-state index contributed by atoms with van der Waals surface area (Å²) in [6, 6.07) is 9.80. The van der Waals surface area contributed by atoms with Gasteiger partial charge in [-0.05, 0) is 31.7 Å². The van der Waals surface area contributed by atoms with Crippen molar-refractivity contribution in [2.75, 3.05) is 13.1 Å². The summed E-state index contributed by atoms with van der Waals surface area (Å²) in [5.74, 6) is 1.09. The summed E-state index contributed by atoms with van der Waals surface area (Å²) in [4.78, 5) is 15.0. The first-order valence-electron chi connectivity index (χ1n) is 7.59. The van der Waals surface area contributed by atoms with Crippen molar-refractivity contribution < 1.29 is 4.79 Å². The van der Waals surface area contributed by atoms with E-state index >= 15 is 0 Å². The summed E-state index contributed by atoms with van der Waals surface area (Å²) in [6.07, 6.45) is 4.72. The number of rotatable bonds is 6. The molecule has 1 fully saturated rings. The van der Waals surface area contributed by atoms with Gasteiger partial charge in [0.2, 0.25) is 0 Å². The van der Waals surface area contributed by atoms with Crippen LogP contribution in [0.5, 0.6) is 0 Å². The van der Waals surface area contributed by atoms with Crippen LogP contribution in [0.3, 0.4) is 0 Å². The van der Waals surface area contributed by atoms with E-state index in [2.05, 4.69) is 18.7 Å². The quantitative estimate of drug-likeness (QED) is 0.725. The number of ketones is 1. The van der Waals surface area contributed by atoms with Crippen LogP contribution in [-0.4, -0.2) is 29.8 Å². The number of likely N-dealkylation sites (tertiary alicyclic amines) is 1. The molecule has 2 atom stereocenters. The van der Waals surface area contributed by atoms with Crippen LogP contribution in [0.15, 0.2) is 30.3 Å². The van der Waals surface area contributed by atoms with Crippen molar-refractivity contribution in [2.24, 2.45) is 5.92 Å². The molecule has 0 N–H and O–H groups in total. The van der Waals surface area contributed by atoms with Crippen LogP contribution in [0.4, 0.5) is 0 Å². The number of carbonyl (C=O) groups excluding carboxylic acids is 1. The highest BCUT2D eigenvalue weighted by Crippen LogP contribution is 2.25. The van der Waals surface area contributed by atoms with Gasteiger partial charge in [-0.2, -0.15) is 0 Å². The highest BCUT2D eigenvalue weighted by atomic mass is 16.1. The molecule has 0 spiro atoms. The van der Waals surface area contributed by atoms with E-state index in [1.165, 1.54) is 19.3 Å². The lowest BCUT2D eigenvalue weighted by molar-refractivity contribution is 0.0839. The fraction of sp³-hybridized carbons (Fsp3) is 0.588. The van der Waals surface area contributed by atoms with Gasteiger partial charge in [-0.25, -0.2) is 0 Å². The molecular weight excluding hydrogens is 234 g/mol. The van der Waals surface area contributed by atoms with Crippen molar-refractivity contribution in [1.29, 1.82) is 0 Å². The summed E-state index contributed by atoms with van der Waals surface area (Å²) in [5, 5.41) is 0. The van der Waals surface area contributed by atoms with Crippen molar-refractivity contribution in [3.8, 4) is 0 Å². The maximum absolute atomic E-state index is 12.6. The number of Topliss-reactive ketones (excluding diaryl/α,β-unsaturated/α-hetero) is 1. The molecule has 0 aromatic heterocycles. The Morgan fingerprint density at radius 2 is 2.05 bits per heavy atom. The van der Waals surface area contributed by atoms with Gasteiger partial charge >= 0.3 is 0 Å². The molecule has 2 unspecified atom stereocenters. The molecule has 104 valence electrons. The molecule has 0 amide bonds. The predicted molar refractivity (Wildman–Crippen MR) is 79.4 cm³/mol. The van der Waals surface area contributed by atoms with Crippen molar-refractivity contribution in [3.05, 3.63) is 35.9 Å². The van der Waals surface area contributed by atoms with Gasteiger partial charge < -0.3 is 0 Å². The van der Waals surface area contributed by atoms with Crippen LogP contribution in [-0.2, 0) is 0 Å². The second kappa shape index (κ2) is 6.85. The van der Waals surface area contributed by atoms with Crippen LogP contribution < -0.4 is 0 Å². The number of hydrogen-bond donors (Lipinski definition) is 0. The fourth-order valence-electron chi connectivity index (χ4n) is 3.19. The van der Waals surface area contributed by atoms with Crippen LogP contribution in [0.1, 0.15) is 49.9 Å². The van der Waals surface area contributed by atoms with Crippen molar-refractivity contribution >= 4 is 5.78 Å². The highest BCUT2D eigenvalue weighted by Gasteiger charge is 2.31. The molecular formula is C17H25NO. The molecule has 1 aromatic rings. The topological polar surface area (TPSA) is 20.3 Å². The molecule has 2 rings (SSSR count). The van der Waals surface area contributed by atoms with Crippen LogP contribution in [0.2, 0.25) is 0 Å².